The summed E-state index contributed by atoms with van der Waals surface area (Å²) in [6.45, 7) is 6.68. The molecule has 7 heteroatoms. The van der Waals surface area contributed by atoms with Crippen molar-refractivity contribution in [2.45, 2.75) is 40.3 Å². The van der Waals surface area contributed by atoms with Gasteiger partial charge in [-0.2, -0.15) is 9.97 Å². The van der Waals surface area contributed by atoms with Gasteiger partial charge in [-0.3, -0.25) is 4.57 Å². The van der Waals surface area contributed by atoms with Crippen LogP contribution in [-0.4, -0.2) is 35.6 Å². The molecule has 8 aromatic rings. The van der Waals surface area contributed by atoms with Gasteiger partial charge in [-0.05, 0) is 56.5 Å². The van der Waals surface area contributed by atoms with Crippen LogP contribution in [0.1, 0.15) is 45.0 Å². The van der Waals surface area contributed by atoms with Crippen molar-refractivity contribution in [1.82, 2.24) is 24.1 Å². The first-order chi connectivity index (χ1) is 28.6. The molecule has 0 atom stereocenters. The zero-order chi connectivity index (χ0) is 39.4. The number of allylic oxidation sites excluding steroid dienone is 10. The summed E-state index contributed by atoms with van der Waals surface area (Å²) in [7, 11) is 0. The van der Waals surface area contributed by atoms with Gasteiger partial charge >= 0.3 is 0 Å². The van der Waals surface area contributed by atoms with Gasteiger partial charge in [0.15, 0.2) is 17.5 Å². The summed E-state index contributed by atoms with van der Waals surface area (Å²) in [6.07, 6.45) is 18.7. The van der Waals surface area contributed by atoms with Gasteiger partial charge in [0.2, 0.25) is 5.95 Å². The zero-order valence-electron chi connectivity index (χ0n) is 32.9. The van der Waals surface area contributed by atoms with Crippen LogP contribution in [0.4, 0.5) is 0 Å². The highest BCUT2D eigenvalue weighted by molar-refractivity contribution is 6.18. The Bertz CT molecular complexity index is 3040. The molecule has 282 valence electrons. The molecule has 0 amide bonds. The van der Waals surface area contributed by atoms with Crippen LogP contribution in [0.5, 0.6) is 0 Å². The van der Waals surface area contributed by atoms with Crippen LogP contribution < -0.4 is 0 Å². The van der Waals surface area contributed by atoms with E-state index in [1.807, 2.05) is 48.5 Å². The molecule has 0 fully saturated rings. The molecule has 5 aromatic carbocycles. The van der Waals surface area contributed by atoms with Crippen molar-refractivity contribution in [2.75, 3.05) is 0 Å². The lowest BCUT2D eigenvalue weighted by atomic mass is 10.1. The van der Waals surface area contributed by atoms with Crippen LogP contribution in [0.15, 0.2) is 185 Å². The lowest BCUT2D eigenvalue weighted by Crippen LogP contribution is -2.08. The maximum atomic E-state index is 5.25. The number of hydrogen-bond donors (Lipinski definition) is 0. The second-order valence-electron chi connectivity index (χ2n) is 14.4. The Morgan fingerprint density at radius 1 is 0.690 bits per heavy atom. The van der Waals surface area contributed by atoms with Crippen molar-refractivity contribution >= 4 is 60.7 Å². The average molecular weight is 754 g/mol. The van der Waals surface area contributed by atoms with E-state index in [1.54, 1.807) is 0 Å². The van der Waals surface area contributed by atoms with E-state index in [-0.39, 0.29) is 0 Å². The van der Waals surface area contributed by atoms with Gasteiger partial charge in [0.1, 0.15) is 6.67 Å². The summed E-state index contributed by atoms with van der Waals surface area (Å²) >= 11 is 0. The molecule has 0 aliphatic heterocycles. The number of amidine groups is 1. The van der Waals surface area contributed by atoms with Gasteiger partial charge in [-0.15, -0.1) is 0 Å². The quantitative estimate of drug-likeness (QED) is 0.0837. The number of para-hydroxylation sites is 2. The van der Waals surface area contributed by atoms with Crippen LogP contribution >= 0.6 is 0 Å². The second-order valence-corrected chi connectivity index (χ2v) is 14.4. The molecular weight excluding hydrogens is 711 g/mol. The van der Waals surface area contributed by atoms with E-state index < -0.39 is 0 Å². The van der Waals surface area contributed by atoms with E-state index in [2.05, 4.69) is 151 Å². The first kappa shape index (κ1) is 36.4. The third-order valence-electron chi connectivity index (χ3n) is 10.6. The Kier molecular flexibility index (Phi) is 10.1. The maximum absolute atomic E-state index is 5.25. The van der Waals surface area contributed by atoms with Crippen molar-refractivity contribution in [3.05, 3.63) is 187 Å². The third-order valence-corrected chi connectivity index (χ3v) is 10.6. The third kappa shape index (κ3) is 7.03. The van der Waals surface area contributed by atoms with Crippen molar-refractivity contribution < 1.29 is 0 Å². The number of aromatic nitrogens is 5. The predicted octanol–water partition coefficient (Wildman–Crippen LogP) is 12.4. The van der Waals surface area contributed by atoms with Gasteiger partial charge in [0, 0.05) is 44.0 Å². The fraction of sp³-hybridized carbons (Fsp3) is 0.118. The van der Waals surface area contributed by atoms with Gasteiger partial charge in [-0.1, -0.05) is 153 Å². The minimum absolute atomic E-state index is 0.391. The van der Waals surface area contributed by atoms with Gasteiger partial charge in [-0.25, -0.2) is 15.0 Å². The molecule has 0 bridgehead atoms. The minimum Gasteiger partial charge on any atom is -0.320 e. The summed E-state index contributed by atoms with van der Waals surface area (Å²) < 4.78 is 4.50. The Morgan fingerprint density at radius 2 is 1.36 bits per heavy atom. The molecule has 1 aliphatic rings. The van der Waals surface area contributed by atoms with Crippen molar-refractivity contribution in [2.24, 2.45) is 9.98 Å². The number of rotatable bonds is 9. The molecule has 0 N–H and O–H groups in total. The monoisotopic (exact) mass is 753 g/mol. The summed E-state index contributed by atoms with van der Waals surface area (Å²) in [5.41, 5.74) is 9.12. The number of fused-ring (bicyclic) bond motifs is 6. The fourth-order valence-electron chi connectivity index (χ4n) is 7.55. The molecule has 9 rings (SSSR count). The zero-order valence-corrected chi connectivity index (χ0v) is 32.9. The van der Waals surface area contributed by atoms with E-state index in [0.717, 1.165) is 84.4 Å². The first-order valence-electron chi connectivity index (χ1n) is 19.9. The Labute approximate surface area is 338 Å². The number of hydrogen-bond acceptors (Lipinski definition) is 4. The smallest absolute Gasteiger partial charge is 0.238 e. The predicted molar refractivity (Wildman–Crippen MR) is 243 cm³/mol. The fourth-order valence-corrected chi connectivity index (χ4v) is 7.55. The Hall–Kier alpha value is -7.25. The number of benzene rings is 5. The van der Waals surface area contributed by atoms with Crippen molar-refractivity contribution in [3.8, 4) is 17.3 Å². The topological polar surface area (TPSA) is 73.2 Å². The highest BCUT2D eigenvalue weighted by atomic mass is 15.2. The molecule has 3 aromatic heterocycles. The summed E-state index contributed by atoms with van der Waals surface area (Å²) in [5.74, 6) is 2.52. The van der Waals surface area contributed by atoms with E-state index in [1.165, 1.54) is 0 Å². The molecule has 0 unspecified atom stereocenters. The Morgan fingerprint density at radius 3 is 2.16 bits per heavy atom. The standard InChI is InChI=1S/C51H43N7/c1-4-5-10-21-35(2)36(3)53-48(37-22-13-8-14-23-37)52-34-57-44-30-19-17-28-40(44)42-33-47-43(32-46(42)57)41-29-18-20-31-45(41)58(47)51-55-49(38-24-11-6-7-12-25-38)54-50(56-51)39-26-15-9-16-27-39/h5-6,8-33H,4,7,34H2,1-3H3/b10-5-,35-21+,52-48?,53-36?. The Balaban J connectivity index is 1.25. The van der Waals surface area contributed by atoms with Crippen molar-refractivity contribution in [1.29, 1.82) is 0 Å². The van der Waals surface area contributed by atoms with Crippen LogP contribution in [0, 0.1) is 0 Å². The molecule has 0 saturated carbocycles. The average Bonchev–Trinajstić information content (AvgIpc) is 3.59. The summed E-state index contributed by atoms with van der Waals surface area (Å²) in [4.78, 5) is 25.7. The van der Waals surface area contributed by atoms with Crippen LogP contribution in [0.25, 0.3) is 66.5 Å². The molecule has 7 nitrogen and oxygen atoms in total. The normalized spacial score (nSPS) is 14.1. The van der Waals surface area contributed by atoms with E-state index >= 15 is 0 Å². The molecule has 0 saturated heterocycles. The molecule has 0 radical (unpaired) electrons. The minimum atomic E-state index is 0.391. The van der Waals surface area contributed by atoms with Gasteiger partial charge < -0.3 is 4.57 Å². The molecule has 3 heterocycles. The van der Waals surface area contributed by atoms with Gasteiger partial charge in [0.25, 0.3) is 0 Å². The van der Waals surface area contributed by atoms with Gasteiger partial charge in [0.05, 0.1) is 22.1 Å². The molecule has 0 spiro atoms. The van der Waals surface area contributed by atoms with E-state index in [4.69, 9.17) is 24.9 Å². The van der Waals surface area contributed by atoms with Crippen molar-refractivity contribution in [3.63, 3.8) is 0 Å². The second kappa shape index (κ2) is 16.1. The SMILES string of the molecule is CC/C=C\C=C(/C)C(C)=NC(=NCn1c2ccccc2c2cc3c(cc21)c1ccccc1n3-c1nc(C2=CC=CCC=C2)nc(-c2ccccc2)n1)c1ccccc1. The lowest BCUT2D eigenvalue weighted by Gasteiger charge is -2.11. The highest BCUT2D eigenvalue weighted by Gasteiger charge is 2.21. The van der Waals surface area contributed by atoms with Crippen LogP contribution in [0.3, 0.4) is 0 Å². The largest absolute Gasteiger partial charge is 0.320 e. The lowest BCUT2D eigenvalue weighted by molar-refractivity contribution is 0.791. The maximum Gasteiger partial charge on any atom is 0.238 e. The first-order valence-corrected chi connectivity index (χ1v) is 19.9. The van der Waals surface area contributed by atoms with E-state index in [9.17, 15) is 0 Å². The summed E-state index contributed by atoms with van der Waals surface area (Å²) in [6, 6.07) is 42.1. The van der Waals surface area contributed by atoms with Crippen LogP contribution in [0.2, 0.25) is 0 Å². The summed E-state index contributed by atoms with van der Waals surface area (Å²) in [5, 5.41) is 4.50. The number of aliphatic imine (C=N–C) groups is 2. The molecule has 1 aliphatic carbocycles. The van der Waals surface area contributed by atoms with E-state index in [0.29, 0.717) is 30.1 Å². The van der Waals surface area contributed by atoms with Crippen LogP contribution in [-0.2, 0) is 6.67 Å². The number of nitrogens with zero attached hydrogens (tertiary/aromatic N) is 7. The highest BCUT2D eigenvalue weighted by Crippen LogP contribution is 2.38. The molecular formula is C51H43N7. The molecule has 58 heavy (non-hydrogen) atoms.